The van der Waals surface area contributed by atoms with Crippen molar-refractivity contribution < 1.29 is 4.79 Å². The highest BCUT2D eigenvalue weighted by atomic mass is 32.2. The van der Waals surface area contributed by atoms with Gasteiger partial charge < -0.3 is 4.90 Å². The number of carbonyl (C=O) groups excluding carboxylic acids is 1. The Bertz CT molecular complexity index is 515. The highest BCUT2D eigenvalue weighted by Crippen LogP contribution is 2.21. The van der Waals surface area contributed by atoms with E-state index in [0.717, 1.165) is 18.7 Å². The summed E-state index contributed by atoms with van der Waals surface area (Å²) in [6.45, 7) is 2.82. The number of carbonyl (C=O) groups is 1. The Labute approximate surface area is 124 Å². The molecule has 0 fully saturated rings. The lowest BCUT2D eigenvalue weighted by Gasteiger charge is -2.25. The number of amides is 1. The van der Waals surface area contributed by atoms with Gasteiger partial charge in [-0.2, -0.15) is 0 Å². The lowest BCUT2D eigenvalue weighted by Crippen LogP contribution is -2.27. The third-order valence-electron chi connectivity index (χ3n) is 3.28. The number of rotatable bonds is 7. The second kappa shape index (κ2) is 7.75. The van der Waals surface area contributed by atoms with E-state index in [0.29, 0.717) is 0 Å². The molecule has 2 nitrogen and oxygen atoms in total. The van der Waals surface area contributed by atoms with Crippen LogP contribution in [0, 0.1) is 0 Å². The van der Waals surface area contributed by atoms with Crippen LogP contribution < -0.4 is 0 Å². The molecule has 0 bridgehead atoms. The van der Waals surface area contributed by atoms with E-state index < -0.39 is 0 Å². The maximum absolute atomic E-state index is 11.3. The minimum absolute atomic E-state index is 0.116. The van der Waals surface area contributed by atoms with Gasteiger partial charge in [-0.3, -0.25) is 4.79 Å². The van der Waals surface area contributed by atoms with Crippen molar-refractivity contribution in [1.82, 2.24) is 4.90 Å². The summed E-state index contributed by atoms with van der Waals surface area (Å²) in [5.74, 6) is 0.903. The summed E-state index contributed by atoms with van der Waals surface area (Å²) >= 11 is 1.78. The van der Waals surface area contributed by atoms with E-state index in [1.807, 2.05) is 41.3 Å². The van der Waals surface area contributed by atoms with Gasteiger partial charge in [-0.05, 0) is 24.6 Å². The van der Waals surface area contributed by atoms with E-state index in [1.165, 1.54) is 10.5 Å². The number of benzene rings is 2. The maximum atomic E-state index is 11.3. The molecule has 1 atom stereocenters. The first-order chi connectivity index (χ1) is 9.81. The van der Waals surface area contributed by atoms with Gasteiger partial charge in [0.1, 0.15) is 0 Å². The van der Waals surface area contributed by atoms with E-state index in [2.05, 4.69) is 31.2 Å². The van der Waals surface area contributed by atoms with Crippen LogP contribution in [0.5, 0.6) is 0 Å². The number of hydrogen-bond donors (Lipinski definition) is 0. The number of nitrogens with zero attached hydrogens (tertiary/aromatic N) is 1. The molecule has 0 aliphatic carbocycles. The summed E-state index contributed by atoms with van der Waals surface area (Å²) in [6, 6.07) is 20.5. The Balaban J connectivity index is 1.88. The predicted molar refractivity (Wildman–Crippen MR) is 84.8 cm³/mol. The molecule has 0 N–H and O–H groups in total. The number of thioether (sulfide) groups is 1. The summed E-state index contributed by atoms with van der Waals surface area (Å²) in [7, 11) is 0. The fourth-order valence-electron chi connectivity index (χ4n) is 2.05. The molecule has 0 spiro atoms. The van der Waals surface area contributed by atoms with Crippen molar-refractivity contribution in [2.75, 3.05) is 12.3 Å². The SMILES string of the molecule is C[C@H](c1ccccc1)N(C=O)CCSc1ccccc1. The lowest BCUT2D eigenvalue weighted by atomic mass is 10.1. The molecule has 104 valence electrons. The van der Waals surface area contributed by atoms with Crippen molar-refractivity contribution in [2.24, 2.45) is 0 Å². The average Bonchev–Trinajstić information content (AvgIpc) is 2.53. The molecular formula is C17H19NOS. The fourth-order valence-corrected chi connectivity index (χ4v) is 2.93. The third kappa shape index (κ3) is 4.14. The summed E-state index contributed by atoms with van der Waals surface area (Å²) in [4.78, 5) is 14.4. The van der Waals surface area contributed by atoms with Crippen LogP contribution in [-0.2, 0) is 4.79 Å². The third-order valence-corrected chi connectivity index (χ3v) is 4.27. The van der Waals surface area contributed by atoms with Gasteiger partial charge in [0.2, 0.25) is 6.41 Å². The molecule has 0 radical (unpaired) electrons. The Morgan fingerprint density at radius 3 is 2.25 bits per heavy atom. The Morgan fingerprint density at radius 1 is 1.05 bits per heavy atom. The van der Waals surface area contributed by atoms with Gasteiger partial charge in [-0.15, -0.1) is 11.8 Å². The molecule has 0 aliphatic heterocycles. The van der Waals surface area contributed by atoms with Crippen molar-refractivity contribution in [2.45, 2.75) is 17.9 Å². The maximum Gasteiger partial charge on any atom is 0.210 e. The lowest BCUT2D eigenvalue weighted by molar-refractivity contribution is -0.119. The van der Waals surface area contributed by atoms with Crippen LogP contribution in [0.3, 0.4) is 0 Å². The van der Waals surface area contributed by atoms with Gasteiger partial charge in [-0.25, -0.2) is 0 Å². The molecule has 0 saturated carbocycles. The fraction of sp³-hybridized carbons (Fsp3) is 0.235. The monoisotopic (exact) mass is 285 g/mol. The summed E-state index contributed by atoms with van der Waals surface area (Å²) in [5.41, 5.74) is 1.17. The van der Waals surface area contributed by atoms with Crippen LogP contribution in [0.15, 0.2) is 65.6 Å². The van der Waals surface area contributed by atoms with E-state index in [9.17, 15) is 4.79 Å². The molecule has 2 aromatic rings. The molecule has 2 rings (SSSR count). The van der Waals surface area contributed by atoms with Crippen molar-refractivity contribution >= 4 is 18.2 Å². The van der Waals surface area contributed by atoms with Gasteiger partial charge in [-0.1, -0.05) is 48.5 Å². The van der Waals surface area contributed by atoms with Gasteiger partial charge >= 0.3 is 0 Å². The van der Waals surface area contributed by atoms with E-state index in [-0.39, 0.29) is 6.04 Å². The van der Waals surface area contributed by atoms with Crippen LogP contribution in [-0.4, -0.2) is 23.6 Å². The van der Waals surface area contributed by atoms with Gasteiger partial charge in [0.25, 0.3) is 0 Å². The Morgan fingerprint density at radius 2 is 1.65 bits per heavy atom. The normalized spacial score (nSPS) is 11.8. The van der Waals surface area contributed by atoms with E-state index in [4.69, 9.17) is 0 Å². The van der Waals surface area contributed by atoms with Gasteiger partial charge in [0, 0.05) is 17.2 Å². The molecule has 0 aromatic heterocycles. The zero-order valence-electron chi connectivity index (χ0n) is 11.6. The molecule has 20 heavy (non-hydrogen) atoms. The Hall–Kier alpha value is -1.74. The van der Waals surface area contributed by atoms with Crippen molar-refractivity contribution in [3.63, 3.8) is 0 Å². The first-order valence-electron chi connectivity index (χ1n) is 6.75. The largest absolute Gasteiger partial charge is 0.338 e. The van der Waals surface area contributed by atoms with Crippen molar-refractivity contribution in [1.29, 1.82) is 0 Å². The first kappa shape index (κ1) is 14.7. The predicted octanol–water partition coefficient (Wildman–Crippen LogP) is 4.00. The summed E-state index contributed by atoms with van der Waals surface area (Å²) < 4.78 is 0. The molecule has 0 aliphatic rings. The average molecular weight is 285 g/mol. The quantitative estimate of drug-likeness (QED) is 0.566. The standard InChI is InChI=1S/C17H19NOS/c1-15(16-8-4-2-5-9-16)18(14-19)12-13-20-17-10-6-3-7-11-17/h2-11,14-15H,12-13H2,1H3/t15-/m1/s1. The Kier molecular flexibility index (Phi) is 5.69. The summed E-state index contributed by atoms with van der Waals surface area (Å²) in [6.07, 6.45) is 0.948. The van der Waals surface area contributed by atoms with Gasteiger partial charge in [0.15, 0.2) is 0 Å². The van der Waals surface area contributed by atoms with E-state index in [1.54, 1.807) is 11.8 Å². The second-order valence-corrected chi connectivity index (χ2v) is 5.76. The van der Waals surface area contributed by atoms with Gasteiger partial charge in [0.05, 0.1) is 6.04 Å². The summed E-state index contributed by atoms with van der Waals surface area (Å²) in [5, 5.41) is 0. The van der Waals surface area contributed by atoms with Crippen molar-refractivity contribution in [3.05, 3.63) is 66.2 Å². The molecule has 3 heteroatoms. The second-order valence-electron chi connectivity index (χ2n) is 4.59. The van der Waals surface area contributed by atoms with Crippen LogP contribution in [0.4, 0.5) is 0 Å². The zero-order valence-corrected chi connectivity index (χ0v) is 12.4. The number of hydrogen-bond acceptors (Lipinski definition) is 2. The topological polar surface area (TPSA) is 20.3 Å². The molecular weight excluding hydrogens is 266 g/mol. The first-order valence-corrected chi connectivity index (χ1v) is 7.73. The molecule has 0 unspecified atom stereocenters. The highest BCUT2D eigenvalue weighted by molar-refractivity contribution is 7.99. The molecule has 2 aromatic carbocycles. The van der Waals surface area contributed by atoms with Crippen LogP contribution >= 0.6 is 11.8 Å². The van der Waals surface area contributed by atoms with Crippen LogP contribution in [0.2, 0.25) is 0 Å². The van der Waals surface area contributed by atoms with E-state index >= 15 is 0 Å². The zero-order chi connectivity index (χ0) is 14.2. The smallest absolute Gasteiger partial charge is 0.210 e. The van der Waals surface area contributed by atoms with Crippen molar-refractivity contribution in [3.8, 4) is 0 Å². The van der Waals surface area contributed by atoms with Crippen LogP contribution in [0.25, 0.3) is 0 Å². The molecule has 1 amide bonds. The minimum Gasteiger partial charge on any atom is -0.338 e. The minimum atomic E-state index is 0.116. The highest BCUT2D eigenvalue weighted by Gasteiger charge is 2.13. The van der Waals surface area contributed by atoms with Crippen LogP contribution in [0.1, 0.15) is 18.5 Å². The molecule has 0 heterocycles. The molecule has 0 saturated heterocycles.